The number of carboxylic acids is 1. The summed E-state index contributed by atoms with van der Waals surface area (Å²) in [6, 6.07) is 6.20. The van der Waals surface area contributed by atoms with Crippen molar-refractivity contribution in [1.29, 1.82) is 0 Å². The molecule has 1 aromatic heterocycles. The number of benzene rings is 1. The number of carbonyl (C=O) groups excluding carboxylic acids is 1. The van der Waals surface area contributed by atoms with Crippen LogP contribution in [-0.4, -0.2) is 38.7 Å². The molecule has 25 heavy (non-hydrogen) atoms. The molecule has 7 nitrogen and oxygen atoms in total. The van der Waals surface area contributed by atoms with E-state index in [0.29, 0.717) is 5.82 Å². The van der Waals surface area contributed by atoms with Gasteiger partial charge in [0.05, 0.1) is 5.56 Å². The Hall–Kier alpha value is -2.80. The Morgan fingerprint density at radius 1 is 1.16 bits per heavy atom. The number of carbonyl (C=O) groups is 2. The zero-order valence-electron chi connectivity index (χ0n) is 14.4. The average molecular weight is 343 g/mol. The van der Waals surface area contributed by atoms with E-state index in [1.54, 1.807) is 45.0 Å². The van der Waals surface area contributed by atoms with E-state index in [4.69, 9.17) is 15.6 Å². The van der Waals surface area contributed by atoms with Gasteiger partial charge in [0.1, 0.15) is 11.6 Å². The van der Waals surface area contributed by atoms with Crippen LogP contribution in [0.2, 0.25) is 0 Å². The summed E-state index contributed by atoms with van der Waals surface area (Å²) in [6.45, 7) is 5.37. The molecule has 0 aliphatic heterocycles. The van der Waals surface area contributed by atoms with E-state index in [-0.39, 0.29) is 12.0 Å². The first-order valence-corrected chi connectivity index (χ1v) is 7.79. The zero-order valence-corrected chi connectivity index (χ0v) is 14.4. The monoisotopic (exact) mass is 343 g/mol. The first kappa shape index (κ1) is 18.5. The highest BCUT2D eigenvalue weighted by atomic mass is 16.6. The predicted molar refractivity (Wildman–Crippen MR) is 92.0 cm³/mol. The van der Waals surface area contributed by atoms with Gasteiger partial charge < -0.3 is 15.6 Å². The number of ether oxygens (including phenoxy) is 1. The third-order valence-corrected chi connectivity index (χ3v) is 3.27. The number of aliphatic carboxylic acids is 1. The van der Waals surface area contributed by atoms with E-state index in [2.05, 4.69) is 9.97 Å². The number of nitrogens with zero attached hydrogens (tertiary/aromatic N) is 2. The maximum atomic E-state index is 11.9. The molecule has 0 saturated heterocycles. The molecular formula is C18H21N3O4. The third kappa shape index (κ3) is 5.36. The SMILES string of the molecule is CC(C)(C)OC(=O)c1cnc(-c2ccc(CC(N)C(=O)O)cc2)nc1. The van der Waals surface area contributed by atoms with E-state index in [1.165, 1.54) is 12.4 Å². The van der Waals surface area contributed by atoms with Gasteiger partial charge in [0.25, 0.3) is 0 Å². The molecule has 7 heteroatoms. The molecule has 0 spiro atoms. The fourth-order valence-corrected chi connectivity index (χ4v) is 2.05. The molecule has 0 fully saturated rings. The predicted octanol–water partition coefficient (Wildman–Crippen LogP) is 2.05. The van der Waals surface area contributed by atoms with Crippen molar-refractivity contribution in [3.63, 3.8) is 0 Å². The number of hydrogen-bond acceptors (Lipinski definition) is 6. The number of aromatic nitrogens is 2. The Balaban J connectivity index is 2.09. The van der Waals surface area contributed by atoms with Crippen LogP contribution in [0, 0.1) is 0 Å². The minimum atomic E-state index is -1.04. The van der Waals surface area contributed by atoms with Crippen LogP contribution in [0.25, 0.3) is 11.4 Å². The molecule has 0 aliphatic carbocycles. The largest absolute Gasteiger partial charge is 0.480 e. The summed E-state index contributed by atoms with van der Waals surface area (Å²) in [6.07, 6.45) is 3.09. The minimum Gasteiger partial charge on any atom is -0.480 e. The highest BCUT2D eigenvalue weighted by Crippen LogP contribution is 2.17. The third-order valence-electron chi connectivity index (χ3n) is 3.27. The summed E-state index contributed by atoms with van der Waals surface area (Å²) in [5.41, 5.74) is 6.78. The Morgan fingerprint density at radius 3 is 2.20 bits per heavy atom. The summed E-state index contributed by atoms with van der Waals surface area (Å²) < 4.78 is 5.26. The Kier molecular flexibility index (Phi) is 5.48. The molecule has 0 saturated carbocycles. The fourth-order valence-electron chi connectivity index (χ4n) is 2.05. The lowest BCUT2D eigenvalue weighted by Crippen LogP contribution is -2.32. The van der Waals surface area contributed by atoms with Gasteiger partial charge in [-0.1, -0.05) is 24.3 Å². The van der Waals surface area contributed by atoms with E-state index in [1.807, 2.05) is 0 Å². The van der Waals surface area contributed by atoms with Gasteiger partial charge in [-0.3, -0.25) is 4.79 Å². The summed E-state index contributed by atoms with van der Waals surface area (Å²) in [5, 5.41) is 8.83. The molecule has 0 aliphatic rings. The van der Waals surface area contributed by atoms with Gasteiger partial charge in [-0.2, -0.15) is 0 Å². The summed E-state index contributed by atoms with van der Waals surface area (Å²) >= 11 is 0. The van der Waals surface area contributed by atoms with Crippen LogP contribution in [0.4, 0.5) is 0 Å². The lowest BCUT2D eigenvalue weighted by molar-refractivity contribution is -0.138. The number of carboxylic acid groups (broad SMARTS) is 1. The maximum absolute atomic E-state index is 11.9. The van der Waals surface area contributed by atoms with Crippen LogP contribution in [0.5, 0.6) is 0 Å². The lowest BCUT2D eigenvalue weighted by Gasteiger charge is -2.19. The van der Waals surface area contributed by atoms with E-state index >= 15 is 0 Å². The highest BCUT2D eigenvalue weighted by Gasteiger charge is 2.18. The quantitative estimate of drug-likeness (QED) is 0.798. The molecule has 1 atom stereocenters. The Morgan fingerprint density at radius 2 is 1.72 bits per heavy atom. The summed E-state index contributed by atoms with van der Waals surface area (Å²) in [7, 11) is 0. The molecule has 0 amide bonds. The topological polar surface area (TPSA) is 115 Å². The van der Waals surface area contributed by atoms with Crippen molar-refractivity contribution in [2.24, 2.45) is 5.73 Å². The molecule has 3 N–H and O–H groups in total. The lowest BCUT2D eigenvalue weighted by atomic mass is 10.0. The highest BCUT2D eigenvalue weighted by molar-refractivity contribution is 5.89. The van der Waals surface area contributed by atoms with Gasteiger partial charge >= 0.3 is 11.9 Å². The van der Waals surface area contributed by atoms with E-state index < -0.39 is 23.6 Å². The van der Waals surface area contributed by atoms with Gasteiger partial charge in [-0.15, -0.1) is 0 Å². The average Bonchev–Trinajstić information content (AvgIpc) is 2.54. The molecule has 132 valence electrons. The second-order valence-electron chi connectivity index (χ2n) is 6.64. The van der Waals surface area contributed by atoms with Crippen LogP contribution in [-0.2, 0) is 16.0 Å². The van der Waals surface area contributed by atoms with Gasteiger partial charge in [0, 0.05) is 18.0 Å². The standard InChI is InChI=1S/C18H21N3O4/c1-18(2,3)25-17(24)13-9-20-15(21-10-13)12-6-4-11(5-7-12)8-14(19)16(22)23/h4-7,9-10,14H,8,19H2,1-3H3,(H,22,23). The van der Waals surface area contributed by atoms with Crippen LogP contribution < -0.4 is 5.73 Å². The zero-order chi connectivity index (χ0) is 18.6. The molecule has 0 radical (unpaired) electrons. The molecule has 2 aromatic rings. The number of esters is 1. The normalized spacial score (nSPS) is 12.5. The van der Waals surface area contributed by atoms with Crippen molar-refractivity contribution in [2.75, 3.05) is 0 Å². The second kappa shape index (κ2) is 7.40. The summed E-state index contributed by atoms with van der Waals surface area (Å²) in [4.78, 5) is 31.1. The van der Waals surface area contributed by atoms with Crippen LogP contribution >= 0.6 is 0 Å². The molecule has 1 aromatic carbocycles. The van der Waals surface area contributed by atoms with Crippen molar-refractivity contribution in [1.82, 2.24) is 9.97 Å². The number of hydrogen-bond donors (Lipinski definition) is 2. The van der Waals surface area contributed by atoms with E-state index in [9.17, 15) is 9.59 Å². The van der Waals surface area contributed by atoms with Gasteiger partial charge in [0.15, 0.2) is 5.82 Å². The van der Waals surface area contributed by atoms with Crippen molar-refractivity contribution in [2.45, 2.75) is 38.8 Å². The first-order chi connectivity index (χ1) is 11.7. The van der Waals surface area contributed by atoms with Gasteiger partial charge in [-0.25, -0.2) is 14.8 Å². The van der Waals surface area contributed by atoms with Crippen LogP contribution in [0.15, 0.2) is 36.7 Å². The molecule has 1 heterocycles. The smallest absolute Gasteiger partial charge is 0.341 e. The van der Waals surface area contributed by atoms with Crippen LogP contribution in [0.1, 0.15) is 36.7 Å². The first-order valence-electron chi connectivity index (χ1n) is 7.79. The van der Waals surface area contributed by atoms with Gasteiger partial charge in [-0.05, 0) is 32.8 Å². The number of nitrogens with two attached hydrogens (primary N) is 1. The molecular weight excluding hydrogens is 322 g/mol. The van der Waals surface area contributed by atoms with Crippen molar-refractivity contribution in [3.05, 3.63) is 47.8 Å². The maximum Gasteiger partial charge on any atom is 0.341 e. The van der Waals surface area contributed by atoms with Crippen molar-refractivity contribution < 1.29 is 19.4 Å². The summed E-state index contributed by atoms with van der Waals surface area (Å²) in [5.74, 6) is -1.05. The van der Waals surface area contributed by atoms with Crippen molar-refractivity contribution >= 4 is 11.9 Å². The number of rotatable bonds is 5. The molecule has 2 rings (SSSR count). The van der Waals surface area contributed by atoms with E-state index in [0.717, 1.165) is 11.1 Å². The van der Waals surface area contributed by atoms with Crippen molar-refractivity contribution in [3.8, 4) is 11.4 Å². The minimum absolute atomic E-state index is 0.244. The Bertz CT molecular complexity index is 749. The van der Waals surface area contributed by atoms with Gasteiger partial charge in [0.2, 0.25) is 0 Å². The Labute approximate surface area is 145 Å². The van der Waals surface area contributed by atoms with Crippen LogP contribution in [0.3, 0.4) is 0 Å². The fraction of sp³-hybridized carbons (Fsp3) is 0.333. The molecule has 1 unspecified atom stereocenters. The molecule has 0 bridgehead atoms. The second-order valence-corrected chi connectivity index (χ2v) is 6.64.